The number of rotatable bonds is 4. The van der Waals surface area contributed by atoms with E-state index in [4.69, 9.17) is 4.52 Å². The van der Waals surface area contributed by atoms with Crippen LogP contribution in [0.5, 0.6) is 0 Å². The van der Waals surface area contributed by atoms with Crippen LogP contribution >= 0.6 is 0 Å². The smallest absolute Gasteiger partial charge is 0.147 e. The molecule has 1 aromatic heterocycles. The van der Waals surface area contributed by atoms with Gasteiger partial charge in [-0.3, -0.25) is 0 Å². The highest BCUT2D eigenvalue weighted by molar-refractivity contribution is 5.85. The predicted octanol–water partition coefficient (Wildman–Crippen LogP) is 6.91. The number of anilines is 1. The summed E-state index contributed by atoms with van der Waals surface area (Å²) in [6.07, 6.45) is 8.66. The number of hydrogen-bond donors (Lipinski definition) is 0. The molecule has 1 aliphatic heterocycles. The molecule has 0 unspecified atom stereocenters. The summed E-state index contributed by atoms with van der Waals surface area (Å²) in [5, 5.41) is 4.58. The van der Waals surface area contributed by atoms with E-state index in [1.807, 2.05) is 0 Å². The summed E-state index contributed by atoms with van der Waals surface area (Å²) < 4.78 is 5.95. The Bertz CT molecular complexity index is 1140. The Labute approximate surface area is 184 Å². The summed E-state index contributed by atoms with van der Waals surface area (Å²) in [6, 6.07) is 17.5. The summed E-state index contributed by atoms with van der Waals surface area (Å²) in [6.45, 7) is 6.59. The highest BCUT2D eigenvalue weighted by atomic mass is 16.5. The molecule has 2 fully saturated rings. The molecule has 31 heavy (non-hydrogen) atoms. The summed E-state index contributed by atoms with van der Waals surface area (Å²) >= 11 is 0. The van der Waals surface area contributed by atoms with Gasteiger partial charge in [-0.05, 0) is 74.6 Å². The molecule has 3 nitrogen and oxygen atoms in total. The largest absolute Gasteiger partial charge is 0.371 e. The third-order valence-electron chi connectivity index (χ3n) is 7.57. The van der Waals surface area contributed by atoms with Crippen LogP contribution in [0.4, 0.5) is 5.69 Å². The Morgan fingerprint density at radius 3 is 2.35 bits per heavy atom. The van der Waals surface area contributed by atoms with Gasteiger partial charge < -0.3 is 9.42 Å². The van der Waals surface area contributed by atoms with E-state index in [1.54, 1.807) is 0 Å². The fourth-order valence-corrected chi connectivity index (χ4v) is 5.43. The van der Waals surface area contributed by atoms with Gasteiger partial charge in [0.25, 0.3) is 0 Å². The van der Waals surface area contributed by atoms with Gasteiger partial charge in [-0.25, -0.2) is 0 Å². The van der Waals surface area contributed by atoms with E-state index >= 15 is 0 Å². The van der Waals surface area contributed by atoms with Crippen molar-refractivity contribution in [2.45, 2.75) is 51.9 Å². The number of aromatic nitrogens is 1. The van der Waals surface area contributed by atoms with Crippen molar-refractivity contribution >= 4 is 11.3 Å². The molecule has 6 rings (SSSR count). The number of aryl methyl sites for hydroxylation is 2. The number of benzene rings is 2. The van der Waals surface area contributed by atoms with Gasteiger partial charge in [-0.15, -0.1) is 0 Å². The second kappa shape index (κ2) is 7.12. The van der Waals surface area contributed by atoms with Gasteiger partial charge in [0, 0.05) is 35.8 Å². The molecule has 2 aliphatic carbocycles. The van der Waals surface area contributed by atoms with Crippen molar-refractivity contribution in [3.63, 3.8) is 0 Å². The first kappa shape index (κ1) is 18.9. The standard InChI is InChI=1S/C28H30N2O/c1-19-7-11-23(12-8-19)30-15-13-28(14-16-30)17-22(18-28)25-26(24-6-4-3-5-20(24)2)29-31-27(25)21-9-10-21/h3-8,11-12,17,21H,9-10,13-16,18H2,1-2H3. The summed E-state index contributed by atoms with van der Waals surface area (Å²) in [4.78, 5) is 2.55. The van der Waals surface area contributed by atoms with Gasteiger partial charge in [0.15, 0.2) is 0 Å². The molecule has 158 valence electrons. The molecule has 0 N–H and O–H groups in total. The van der Waals surface area contributed by atoms with Gasteiger partial charge in [0.05, 0.1) is 0 Å². The minimum Gasteiger partial charge on any atom is -0.371 e. The van der Waals surface area contributed by atoms with Crippen molar-refractivity contribution in [3.05, 3.63) is 77.1 Å². The zero-order valence-electron chi connectivity index (χ0n) is 18.5. The molecule has 0 bridgehead atoms. The lowest BCUT2D eigenvalue weighted by molar-refractivity contribution is 0.277. The second-order valence-corrected chi connectivity index (χ2v) is 9.89. The first-order valence-electron chi connectivity index (χ1n) is 11.7. The molecule has 3 aromatic rings. The molecule has 0 atom stereocenters. The van der Waals surface area contributed by atoms with Crippen LogP contribution in [-0.4, -0.2) is 18.2 Å². The minimum atomic E-state index is 0.359. The lowest BCUT2D eigenvalue weighted by Gasteiger charge is -2.47. The highest BCUT2D eigenvalue weighted by Gasteiger charge is 2.43. The Morgan fingerprint density at radius 2 is 1.68 bits per heavy atom. The van der Waals surface area contributed by atoms with E-state index in [0.29, 0.717) is 11.3 Å². The summed E-state index contributed by atoms with van der Waals surface area (Å²) in [5.74, 6) is 1.71. The quantitative estimate of drug-likeness (QED) is 0.468. The Hall–Kier alpha value is -2.81. The lowest BCUT2D eigenvalue weighted by atomic mass is 9.63. The third-order valence-corrected chi connectivity index (χ3v) is 7.57. The third kappa shape index (κ3) is 3.31. The number of nitrogens with zero attached hydrogens (tertiary/aromatic N) is 2. The lowest BCUT2D eigenvalue weighted by Crippen LogP contribution is -2.42. The first-order valence-corrected chi connectivity index (χ1v) is 11.7. The summed E-state index contributed by atoms with van der Waals surface area (Å²) in [5.41, 5.74) is 9.35. The molecule has 0 radical (unpaired) electrons. The Kier molecular flexibility index (Phi) is 4.34. The maximum atomic E-state index is 5.95. The van der Waals surface area contributed by atoms with E-state index in [1.165, 1.54) is 59.2 Å². The molecule has 2 aromatic carbocycles. The van der Waals surface area contributed by atoms with E-state index in [-0.39, 0.29) is 0 Å². The van der Waals surface area contributed by atoms with Crippen molar-refractivity contribution in [2.75, 3.05) is 18.0 Å². The van der Waals surface area contributed by atoms with Crippen LogP contribution in [0.2, 0.25) is 0 Å². The molecular weight excluding hydrogens is 380 g/mol. The molecule has 1 saturated carbocycles. The van der Waals surface area contributed by atoms with Crippen molar-refractivity contribution in [1.82, 2.24) is 5.16 Å². The number of allylic oxidation sites excluding steroid dienone is 2. The number of hydrogen-bond acceptors (Lipinski definition) is 3. The maximum absolute atomic E-state index is 5.95. The normalized spacial score (nSPS) is 19.9. The SMILES string of the molecule is Cc1ccc(N2CCC3(C=C(c4c(-c5ccccc5C)noc4C4CC4)C3)CC2)cc1. The minimum absolute atomic E-state index is 0.359. The Morgan fingerprint density at radius 1 is 0.968 bits per heavy atom. The van der Waals surface area contributed by atoms with E-state index in [0.717, 1.165) is 31.0 Å². The fourth-order valence-electron chi connectivity index (χ4n) is 5.43. The monoisotopic (exact) mass is 410 g/mol. The molecule has 2 heterocycles. The molecule has 1 saturated heterocycles. The molecule has 0 amide bonds. The average Bonchev–Trinajstić information content (AvgIpc) is 3.52. The fraction of sp³-hybridized carbons (Fsp3) is 0.393. The zero-order chi connectivity index (χ0) is 21.0. The first-order chi connectivity index (χ1) is 15.1. The Balaban J connectivity index is 1.26. The van der Waals surface area contributed by atoms with Crippen molar-refractivity contribution < 1.29 is 4.52 Å². The molecule has 3 aliphatic rings. The van der Waals surface area contributed by atoms with E-state index in [9.17, 15) is 0 Å². The van der Waals surface area contributed by atoms with Crippen molar-refractivity contribution in [3.8, 4) is 11.3 Å². The van der Waals surface area contributed by atoms with Crippen molar-refractivity contribution in [2.24, 2.45) is 5.41 Å². The van der Waals surface area contributed by atoms with Crippen LogP contribution in [-0.2, 0) is 0 Å². The molecule has 1 spiro atoms. The molecule has 3 heteroatoms. The van der Waals surface area contributed by atoms with Crippen LogP contribution < -0.4 is 4.90 Å². The van der Waals surface area contributed by atoms with Gasteiger partial charge in [-0.1, -0.05) is 53.2 Å². The predicted molar refractivity (Wildman–Crippen MR) is 126 cm³/mol. The van der Waals surface area contributed by atoms with Gasteiger partial charge in [0.2, 0.25) is 0 Å². The summed E-state index contributed by atoms with van der Waals surface area (Å²) in [7, 11) is 0. The second-order valence-electron chi connectivity index (χ2n) is 9.89. The highest BCUT2D eigenvalue weighted by Crippen LogP contribution is 2.55. The van der Waals surface area contributed by atoms with Crippen LogP contribution in [0.1, 0.15) is 60.5 Å². The number of piperidine rings is 1. The topological polar surface area (TPSA) is 29.3 Å². The van der Waals surface area contributed by atoms with Crippen LogP contribution in [0.25, 0.3) is 16.8 Å². The molecular formula is C28H30N2O. The van der Waals surface area contributed by atoms with Crippen LogP contribution in [0.3, 0.4) is 0 Å². The van der Waals surface area contributed by atoms with Gasteiger partial charge in [0.1, 0.15) is 11.5 Å². The van der Waals surface area contributed by atoms with Crippen LogP contribution in [0, 0.1) is 19.3 Å². The van der Waals surface area contributed by atoms with E-state index < -0.39 is 0 Å². The zero-order valence-corrected chi connectivity index (χ0v) is 18.5. The van der Waals surface area contributed by atoms with Gasteiger partial charge >= 0.3 is 0 Å². The van der Waals surface area contributed by atoms with Crippen molar-refractivity contribution in [1.29, 1.82) is 0 Å². The van der Waals surface area contributed by atoms with E-state index in [2.05, 4.69) is 78.5 Å². The average molecular weight is 411 g/mol. The maximum Gasteiger partial charge on any atom is 0.147 e. The van der Waals surface area contributed by atoms with Crippen LogP contribution in [0.15, 0.2) is 59.1 Å². The van der Waals surface area contributed by atoms with Gasteiger partial charge in [-0.2, -0.15) is 0 Å².